The Morgan fingerprint density at radius 1 is 1.35 bits per heavy atom. The van der Waals surface area contributed by atoms with E-state index in [2.05, 4.69) is 10.3 Å². The molecule has 23 heavy (non-hydrogen) atoms. The van der Waals surface area contributed by atoms with Crippen LogP contribution in [0, 0.1) is 11.6 Å². The number of thiazole rings is 1. The van der Waals surface area contributed by atoms with E-state index in [4.69, 9.17) is 0 Å². The van der Waals surface area contributed by atoms with E-state index in [0.29, 0.717) is 17.8 Å². The number of amides is 1. The van der Waals surface area contributed by atoms with Crippen LogP contribution >= 0.6 is 11.3 Å². The van der Waals surface area contributed by atoms with Gasteiger partial charge in [0.25, 0.3) is 0 Å². The molecule has 0 spiro atoms. The molecule has 0 bridgehead atoms. The summed E-state index contributed by atoms with van der Waals surface area (Å²) in [6, 6.07) is 3.83. The zero-order chi connectivity index (χ0) is 17.0. The zero-order valence-corrected chi connectivity index (χ0v) is 14.1. The Morgan fingerprint density at radius 2 is 2.09 bits per heavy atom. The Kier molecular flexibility index (Phi) is 5.79. The van der Waals surface area contributed by atoms with E-state index < -0.39 is 11.6 Å². The summed E-state index contributed by atoms with van der Waals surface area (Å²) in [5, 5.41) is 5.43. The molecule has 1 aromatic carbocycles. The van der Waals surface area contributed by atoms with Gasteiger partial charge < -0.3 is 5.32 Å². The van der Waals surface area contributed by atoms with Crippen molar-refractivity contribution in [3.63, 3.8) is 0 Å². The second-order valence-corrected chi connectivity index (χ2v) is 6.59. The molecule has 1 N–H and O–H groups in total. The van der Waals surface area contributed by atoms with Gasteiger partial charge in [0.1, 0.15) is 5.01 Å². The van der Waals surface area contributed by atoms with Crippen molar-refractivity contribution < 1.29 is 13.6 Å². The second kappa shape index (κ2) is 7.61. The van der Waals surface area contributed by atoms with Crippen molar-refractivity contribution in [3.05, 3.63) is 40.2 Å². The van der Waals surface area contributed by atoms with Gasteiger partial charge in [-0.3, -0.25) is 9.69 Å². The van der Waals surface area contributed by atoms with Gasteiger partial charge in [0.15, 0.2) is 11.6 Å². The van der Waals surface area contributed by atoms with E-state index in [-0.39, 0.29) is 18.5 Å². The fourth-order valence-corrected chi connectivity index (χ4v) is 2.95. The summed E-state index contributed by atoms with van der Waals surface area (Å²) >= 11 is 1.42. The van der Waals surface area contributed by atoms with E-state index in [1.165, 1.54) is 17.4 Å². The average Bonchev–Trinajstić information content (AvgIpc) is 2.89. The Balaban J connectivity index is 1.99. The standard InChI is InChI=1S/C16H19F2N3OS/c1-10(2)19-15(22)7-21(3)8-16-20-14(9-23-16)11-4-5-12(17)13(18)6-11/h4-6,9-10H,7-8H2,1-3H3,(H,19,22). The molecule has 0 aliphatic carbocycles. The Labute approximate surface area is 138 Å². The molecule has 0 unspecified atom stereocenters. The summed E-state index contributed by atoms with van der Waals surface area (Å²) in [7, 11) is 1.83. The number of halogens is 2. The minimum absolute atomic E-state index is 0.0418. The lowest BCUT2D eigenvalue weighted by Gasteiger charge is -2.16. The molecule has 2 aromatic rings. The highest BCUT2D eigenvalue weighted by Gasteiger charge is 2.12. The topological polar surface area (TPSA) is 45.2 Å². The lowest BCUT2D eigenvalue weighted by atomic mass is 10.2. The SMILES string of the molecule is CC(C)NC(=O)CN(C)Cc1nc(-c2ccc(F)c(F)c2)cs1. The van der Waals surface area contributed by atoms with Gasteiger partial charge in [-0.05, 0) is 39.1 Å². The quantitative estimate of drug-likeness (QED) is 0.880. The highest BCUT2D eigenvalue weighted by atomic mass is 32.1. The van der Waals surface area contributed by atoms with Gasteiger partial charge in [-0.15, -0.1) is 11.3 Å². The second-order valence-electron chi connectivity index (χ2n) is 5.65. The minimum Gasteiger partial charge on any atom is -0.353 e. The van der Waals surface area contributed by atoms with Gasteiger partial charge >= 0.3 is 0 Å². The molecule has 0 aliphatic heterocycles. The molecule has 1 aromatic heterocycles. The third-order valence-electron chi connectivity index (χ3n) is 3.04. The van der Waals surface area contributed by atoms with Crippen LogP contribution in [0.25, 0.3) is 11.3 Å². The van der Waals surface area contributed by atoms with Gasteiger partial charge in [0.2, 0.25) is 5.91 Å². The Bertz CT molecular complexity index is 688. The molecule has 0 saturated carbocycles. The first kappa shape index (κ1) is 17.5. The van der Waals surface area contributed by atoms with Crippen LogP contribution in [0.2, 0.25) is 0 Å². The van der Waals surface area contributed by atoms with Crippen LogP contribution in [0.3, 0.4) is 0 Å². The van der Waals surface area contributed by atoms with Gasteiger partial charge in [0.05, 0.1) is 18.8 Å². The van der Waals surface area contributed by atoms with Gasteiger partial charge in [-0.2, -0.15) is 0 Å². The summed E-state index contributed by atoms with van der Waals surface area (Å²) in [6.45, 7) is 4.61. The maximum absolute atomic E-state index is 13.3. The summed E-state index contributed by atoms with van der Waals surface area (Å²) < 4.78 is 26.2. The van der Waals surface area contributed by atoms with E-state index in [9.17, 15) is 13.6 Å². The number of rotatable bonds is 6. The van der Waals surface area contributed by atoms with Crippen LogP contribution in [-0.2, 0) is 11.3 Å². The molecule has 0 atom stereocenters. The summed E-state index contributed by atoms with van der Waals surface area (Å²) in [5.41, 5.74) is 1.13. The third kappa shape index (κ3) is 5.07. The summed E-state index contributed by atoms with van der Waals surface area (Å²) in [5.74, 6) is -1.81. The smallest absolute Gasteiger partial charge is 0.234 e. The molecule has 2 rings (SSSR count). The van der Waals surface area contributed by atoms with E-state index >= 15 is 0 Å². The zero-order valence-electron chi connectivity index (χ0n) is 13.3. The van der Waals surface area contributed by atoms with Crippen molar-refractivity contribution in [1.29, 1.82) is 0 Å². The fraction of sp³-hybridized carbons (Fsp3) is 0.375. The maximum Gasteiger partial charge on any atom is 0.234 e. The number of hydrogen-bond acceptors (Lipinski definition) is 4. The number of carbonyl (C=O) groups is 1. The third-order valence-corrected chi connectivity index (χ3v) is 3.87. The van der Waals surface area contributed by atoms with Crippen LogP contribution < -0.4 is 5.32 Å². The molecular formula is C16H19F2N3OS. The van der Waals surface area contributed by atoms with Crippen LogP contribution in [0.4, 0.5) is 8.78 Å². The van der Waals surface area contributed by atoms with E-state index in [0.717, 1.165) is 17.1 Å². The number of benzene rings is 1. The van der Waals surface area contributed by atoms with Gasteiger partial charge in [0, 0.05) is 17.0 Å². The number of nitrogens with zero attached hydrogens (tertiary/aromatic N) is 2. The first-order valence-corrected chi connectivity index (χ1v) is 8.11. The first-order chi connectivity index (χ1) is 10.8. The van der Waals surface area contributed by atoms with Gasteiger partial charge in [-0.1, -0.05) is 0 Å². The molecule has 7 heteroatoms. The van der Waals surface area contributed by atoms with Crippen molar-refractivity contribution in [2.75, 3.05) is 13.6 Å². The highest BCUT2D eigenvalue weighted by Crippen LogP contribution is 2.24. The first-order valence-electron chi connectivity index (χ1n) is 7.23. The number of nitrogens with one attached hydrogen (secondary N) is 1. The number of likely N-dealkylation sites (N-methyl/N-ethyl adjacent to an activating group) is 1. The van der Waals surface area contributed by atoms with E-state index in [1.807, 2.05) is 25.8 Å². The van der Waals surface area contributed by atoms with Crippen LogP contribution in [-0.4, -0.2) is 35.4 Å². The summed E-state index contributed by atoms with van der Waals surface area (Å²) in [4.78, 5) is 18.0. The lowest BCUT2D eigenvalue weighted by Crippen LogP contribution is -2.38. The van der Waals surface area contributed by atoms with Crippen molar-refractivity contribution >= 4 is 17.2 Å². The normalized spacial score (nSPS) is 11.3. The average molecular weight is 339 g/mol. The van der Waals surface area contributed by atoms with Crippen LogP contribution in [0.5, 0.6) is 0 Å². The highest BCUT2D eigenvalue weighted by molar-refractivity contribution is 7.09. The number of aromatic nitrogens is 1. The predicted molar refractivity (Wildman–Crippen MR) is 87.1 cm³/mol. The minimum atomic E-state index is -0.889. The van der Waals surface area contributed by atoms with Gasteiger partial charge in [-0.25, -0.2) is 13.8 Å². The molecule has 124 valence electrons. The van der Waals surface area contributed by atoms with Crippen LogP contribution in [0.15, 0.2) is 23.6 Å². The number of hydrogen-bond donors (Lipinski definition) is 1. The molecular weight excluding hydrogens is 320 g/mol. The van der Waals surface area contributed by atoms with Crippen molar-refractivity contribution in [2.45, 2.75) is 26.4 Å². The van der Waals surface area contributed by atoms with Crippen molar-refractivity contribution in [1.82, 2.24) is 15.2 Å². The lowest BCUT2D eigenvalue weighted by molar-refractivity contribution is -0.122. The molecule has 0 aliphatic rings. The molecule has 1 amide bonds. The number of carbonyl (C=O) groups excluding carboxylic acids is 1. The Morgan fingerprint density at radius 3 is 2.74 bits per heavy atom. The molecule has 0 fully saturated rings. The fourth-order valence-electron chi connectivity index (χ4n) is 2.07. The summed E-state index contributed by atoms with van der Waals surface area (Å²) in [6.07, 6.45) is 0. The van der Waals surface area contributed by atoms with Crippen molar-refractivity contribution in [3.8, 4) is 11.3 Å². The monoisotopic (exact) mass is 339 g/mol. The largest absolute Gasteiger partial charge is 0.353 e. The molecule has 0 saturated heterocycles. The van der Waals surface area contributed by atoms with E-state index in [1.54, 1.807) is 5.38 Å². The maximum atomic E-state index is 13.3. The predicted octanol–water partition coefficient (Wildman–Crippen LogP) is 3.04. The molecule has 4 nitrogen and oxygen atoms in total. The Hall–Kier alpha value is -1.86. The van der Waals surface area contributed by atoms with Crippen LogP contribution in [0.1, 0.15) is 18.9 Å². The van der Waals surface area contributed by atoms with Crippen molar-refractivity contribution in [2.24, 2.45) is 0 Å². The molecule has 1 heterocycles. The molecule has 0 radical (unpaired) electrons.